The molecule has 1 fully saturated rings. The van der Waals surface area contributed by atoms with Crippen LogP contribution in [0.1, 0.15) is 19.3 Å². The van der Waals surface area contributed by atoms with Crippen molar-refractivity contribution in [2.24, 2.45) is 0 Å². The van der Waals surface area contributed by atoms with Gasteiger partial charge in [-0.3, -0.25) is 9.69 Å². The summed E-state index contributed by atoms with van der Waals surface area (Å²) in [6, 6.07) is 7.11. The number of anilines is 1. The third-order valence-electron chi connectivity index (χ3n) is 3.33. The predicted octanol–water partition coefficient (Wildman–Crippen LogP) is 2.78. The molecule has 1 N–H and O–H groups in total. The van der Waals surface area contributed by atoms with Crippen LogP contribution < -0.4 is 5.32 Å². The molecule has 1 aromatic carbocycles. The molecule has 1 aromatic rings. The van der Waals surface area contributed by atoms with Gasteiger partial charge in [-0.1, -0.05) is 11.6 Å². The maximum atomic E-state index is 11.9. The first kappa shape index (κ1) is 15.3. The summed E-state index contributed by atoms with van der Waals surface area (Å²) in [6.07, 6.45) is 3.72. The number of likely N-dealkylation sites (N-methyl/N-ethyl adjacent to an activating group) is 1. The van der Waals surface area contributed by atoms with Gasteiger partial charge in [-0.2, -0.15) is 0 Å². The van der Waals surface area contributed by atoms with Crippen LogP contribution in [0.15, 0.2) is 24.3 Å². The van der Waals surface area contributed by atoms with Gasteiger partial charge < -0.3 is 10.1 Å². The van der Waals surface area contributed by atoms with Crippen LogP contribution in [-0.2, 0) is 9.53 Å². The van der Waals surface area contributed by atoms with Crippen molar-refractivity contribution in [3.05, 3.63) is 29.3 Å². The van der Waals surface area contributed by atoms with Gasteiger partial charge in [-0.05, 0) is 50.6 Å². The van der Waals surface area contributed by atoms with Crippen LogP contribution in [0.4, 0.5) is 5.69 Å². The number of nitrogens with zero attached hydrogens (tertiary/aromatic N) is 1. The highest BCUT2D eigenvalue weighted by atomic mass is 35.5. The number of hydrogen-bond acceptors (Lipinski definition) is 3. The number of carbonyl (C=O) groups excluding carboxylic acids is 1. The van der Waals surface area contributed by atoms with Gasteiger partial charge in [-0.15, -0.1) is 0 Å². The molecule has 110 valence electrons. The lowest BCUT2D eigenvalue weighted by molar-refractivity contribution is -0.117. The minimum Gasteiger partial charge on any atom is -0.377 e. The standard InChI is InChI=1S/C15H21ClN2O2/c1-18(10-14-4-2-3-9-20-14)11-15(19)17-13-7-5-12(16)6-8-13/h5-8,14H,2-4,9-11H2,1H3,(H,17,19)/t14-/m1/s1. The van der Waals surface area contributed by atoms with E-state index in [0.29, 0.717) is 11.6 Å². The van der Waals surface area contributed by atoms with Crippen molar-refractivity contribution in [1.29, 1.82) is 0 Å². The summed E-state index contributed by atoms with van der Waals surface area (Å²) >= 11 is 5.81. The van der Waals surface area contributed by atoms with Crippen LogP contribution in [0, 0.1) is 0 Å². The summed E-state index contributed by atoms with van der Waals surface area (Å²) < 4.78 is 5.67. The van der Waals surface area contributed by atoms with Crippen LogP contribution in [0.3, 0.4) is 0 Å². The Morgan fingerprint density at radius 1 is 1.40 bits per heavy atom. The summed E-state index contributed by atoms with van der Waals surface area (Å²) in [5.41, 5.74) is 0.765. The molecule has 1 aliphatic heterocycles. The Labute approximate surface area is 125 Å². The Morgan fingerprint density at radius 3 is 2.80 bits per heavy atom. The summed E-state index contributed by atoms with van der Waals surface area (Å²) in [7, 11) is 1.94. The predicted molar refractivity (Wildman–Crippen MR) is 81.2 cm³/mol. The molecule has 1 atom stereocenters. The summed E-state index contributed by atoms with van der Waals surface area (Å²) in [6.45, 7) is 2.01. The number of rotatable bonds is 5. The molecular weight excluding hydrogens is 276 g/mol. The van der Waals surface area contributed by atoms with E-state index in [1.165, 1.54) is 6.42 Å². The van der Waals surface area contributed by atoms with Crippen LogP contribution in [0.25, 0.3) is 0 Å². The summed E-state index contributed by atoms with van der Waals surface area (Å²) in [5, 5.41) is 3.52. The highest BCUT2D eigenvalue weighted by molar-refractivity contribution is 6.30. The van der Waals surface area contributed by atoms with Gasteiger partial charge in [0.1, 0.15) is 0 Å². The van der Waals surface area contributed by atoms with E-state index in [1.54, 1.807) is 24.3 Å². The Hall–Kier alpha value is -1.10. The number of ether oxygens (including phenoxy) is 1. The molecule has 0 saturated carbocycles. The van der Waals surface area contributed by atoms with E-state index in [2.05, 4.69) is 5.32 Å². The zero-order valence-electron chi connectivity index (χ0n) is 11.8. The van der Waals surface area contributed by atoms with Gasteiger partial charge in [0.25, 0.3) is 0 Å². The third kappa shape index (κ3) is 5.12. The van der Waals surface area contributed by atoms with E-state index in [-0.39, 0.29) is 12.0 Å². The number of benzene rings is 1. The van der Waals surface area contributed by atoms with Crippen molar-refractivity contribution in [3.8, 4) is 0 Å². The van der Waals surface area contributed by atoms with E-state index >= 15 is 0 Å². The van der Waals surface area contributed by atoms with Crippen molar-refractivity contribution in [1.82, 2.24) is 4.90 Å². The lowest BCUT2D eigenvalue weighted by Gasteiger charge is -2.27. The first-order chi connectivity index (χ1) is 9.63. The first-order valence-electron chi connectivity index (χ1n) is 6.99. The Morgan fingerprint density at radius 2 is 2.15 bits per heavy atom. The number of hydrogen-bond donors (Lipinski definition) is 1. The molecule has 20 heavy (non-hydrogen) atoms. The van der Waals surface area contributed by atoms with Gasteiger partial charge in [-0.25, -0.2) is 0 Å². The largest absolute Gasteiger partial charge is 0.377 e. The smallest absolute Gasteiger partial charge is 0.238 e. The number of halogens is 1. The lowest BCUT2D eigenvalue weighted by Crippen LogP contribution is -2.37. The molecular formula is C15H21ClN2O2. The second-order valence-corrected chi connectivity index (χ2v) is 5.68. The molecule has 1 heterocycles. The second-order valence-electron chi connectivity index (χ2n) is 5.24. The fraction of sp³-hybridized carbons (Fsp3) is 0.533. The van der Waals surface area contributed by atoms with Gasteiger partial charge >= 0.3 is 0 Å². The minimum atomic E-state index is -0.0226. The summed E-state index contributed by atoms with van der Waals surface area (Å²) in [4.78, 5) is 13.9. The van der Waals surface area contributed by atoms with Crippen molar-refractivity contribution < 1.29 is 9.53 Å². The maximum absolute atomic E-state index is 11.9. The molecule has 1 amide bonds. The van der Waals surface area contributed by atoms with Gasteiger partial charge in [0, 0.05) is 23.9 Å². The minimum absolute atomic E-state index is 0.0226. The molecule has 0 aliphatic carbocycles. The zero-order valence-corrected chi connectivity index (χ0v) is 12.5. The quantitative estimate of drug-likeness (QED) is 0.908. The Bertz CT molecular complexity index is 430. The average molecular weight is 297 g/mol. The molecule has 1 aliphatic rings. The van der Waals surface area contributed by atoms with E-state index in [0.717, 1.165) is 31.7 Å². The molecule has 5 heteroatoms. The van der Waals surface area contributed by atoms with Crippen molar-refractivity contribution >= 4 is 23.2 Å². The fourth-order valence-corrected chi connectivity index (χ4v) is 2.47. The van der Waals surface area contributed by atoms with Gasteiger partial charge in [0.15, 0.2) is 0 Å². The second kappa shape index (κ2) is 7.62. The van der Waals surface area contributed by atoms with Crippen molar-refractivity contribution in [2.75, 3.05) is 32.1 Å². The van der Waals surface area contributed by atoms with E-state index < -0.39 is 0 Å². The number of amides is 1. The molecule has 0 aromatic heterocycles. The van der Waals surface area contributed by atoms with Crippen LogP contribution >= 0.6 is 11.6 Å². The molecule has 0 radical (unpaired) electrons. The lowest BCUT2D eigenvalue weighted by atomic mass is 10.1. The van der Waals surface area contributed by atoms with Crippen LogP contribution in [0.2, 0.25) is 5.02 Å². The number of carbonyl (C=O) groups is 1. The van der Waals surface area contributed by atoms with Crippen molar-refractivity contribution in [3.63, 3.8) is 0 Å². The van der Waals surface area contributed by atoms with Crippen molar-refractivity contribution in [2.45, 2.75) is 25.4 Å². The first-order valence-corrected chi connectivity index (χ1v) is 7.37. The van der Waals surface area contributed by atoms with E-state index in [9.17, 15) is 4.79 Å². The van der Waals surface area contributed by atoms with Gasteiger partial charge in [0.2, 0.25) is 5.91 Å². The van der Waals surface area contributed by atoms with Crippen LogP contribution in [0.5, 0.6) is 0 Å². The van der Waals surface area contributed by atoms with E-state index in [1.807, 2.05) is 11.9 Å². The van der Waals surface area contributed by atoms with Gasteiger partial charge in [0.05, 0.1) is 12.6 Å². The Balaban J connectivity index is 1.74. The molecule has 0 unspecified atom stereocenters. The molecule has 0 spiro atoms. The van der Waals surface area contributed by atoms with Crippen LogP contribution in [-0.4, -0.2) is 43.7 Å². The normalized spacial score (nSPS) is 19.1. The highest BCUT2D eigenvalue weighted by Gasteiger charge is 2.17. The summed E-state index contributed by atoms with van der Waals surface area (Å²) in [5.74, 6) is -0.0226. The topological polar surface area (TPSA) is 41.6 Å². The SMILES string of the molecule is CN(CC(=O)Nc1ccc(Cl)cc1)C[C@H]1CCCCO1. The Kier molecular flexibility index (Phi) is 5.83. The molecule has 1 saturated heterocycles. The average Bonchev–Trinajstić information content (AvgIpc) is 2.42. The zero-order chi connectivity index (χ0) is 14.4. The molecule has 0 bridgehead atoms. The fourth-order valence-electron chi connectivity index (χ4n) is 2.34. The van der Waals surface area contributed by atoms with E-state index in [4.69, 9.17) is 16.3 Å². The highest BCUT2D eigenvalue weighted by Crippen LogP contribution is 2.14. The number of nitrogens with one attached hydrogen (secondary N) is 1. The molecule has 2 rings (SSSR count). The maximum Gasteiger partial charge on any atom is 0.238 e. The third-order valence-corrected chi connectivity index (χ3v) is 3.58. The molecule has 4 nitrogen and oxygen atoms in total. The monoisotopic (exact) mass is 296 g/mol.